The smallest absolute Gasteiger partial charge is 0.0374 e. The van der Waals surface area contributed by atoms with Crippen molar-refractivity contribution in [1.29, 1.82) is 0 Å². The zero-order valence-corrected chi connectivity index (χ0v) is 14.8. The van der Waals surface area contributed by atoms with Gasteiger partial charge in [-0.05, 0) is 35.6 Å². The number of benzene rings is 2. The van der Waals surface area contributed by atoms with E-state index in [4.69, 9.17) is 0 Å². The van der Waals surface area contributed by atoms with Gasteiger partial charge >= 0.3 is 0 Å². The molecule has 0 spiro atoms. The third-order valence-electron chi connectivity index (χ3n) is 3.76. The summed E-state index contributed by atoms with van der Waals surface area (Å²) in [5.74, 6) is 0. The number of halogens is 1. The van der Waals surface area contributed by atoms with Gasteiger partial charge in [-0.3, -0.25) is 0 Å². The van der Waals surface area contributed by atoms with Crippen LogP contribution in [0.5, 0.6) is 0 Å². The molecule has 1 nitrogen and oxygen atoms in total. The van der Waals surface area contributed by atoms with Crippen LogP contribution in [0, 0.1) is 5.41 Å². The van der Waals surface area contributed by atoms with Crippen LogP contribution >= 0.6 is 15.9 Å². The fraction of sp³-hybridized carbons (Fsp3) is 0.368. The van der Waals surface area contributed by atoms with Crippen LogP contribution in [-0.4, -0.2) is 0 Å². The summed E-state index contributed by atoms with van der Waals surface area (Å²) in [7, 11) is 0. The summed E-state index contributed by atoms with van der Waals surface area (Å²) >= 11 is 3.55. The van der Waals surface area contributed by atoms with Crippen molar-refractivity contribution in [1.82, 2.24) is 5.32 Å². The molecule has 0 aliphatic rings. The maximum atomic E-state index is 3.80. The second-order valence-corrected chi connectivity index (χ2v) is 7.57. The lowest BCUT2D eigenvalue weighted by Gasteiger charge is -2.34. The lowest BCUT2D eigenvalue weighted by Crippen LogP contribution is -2.34. The standard InChI is InChI=1S/C19H24BrN/c1-14(16-11-8-12-17(20)13-16)21-18(19(2,3)4)15-9-6-5-7-10-15/h5-14,18,21H,1-4H3. The van der Waals surface area contributed by atoms with E-state index >= 15 is 0 Å². The lowest BCUT2D eigenvalue weighted by molar-refractivity contribution is 0.254. The Morgan fingerprint density at radius 1 is 0.905 bits per heavy atom. The summed E-state index contributed by atoms with van der Waals surface area (Å²) in [6, 6.07) is 19.8. The third-order valence-corrected chi connectivity index (χ3v) is 4.26. The summed E-state index contributed by atoms with van der Waals surface area (Å²) in [6.07, 6.45) is 0. The van der Waals surface area contributed by atoms with Crippen molar-refractivity contribution in [3.8, 4) is 0 Å². The summed E-state index contributed by atoms with van der Waals surface area (Å²) in [5, 5.41) is 3.80. The maximum absolute atomic E-state index is 3.80. The summed E-state index contributed by atoms with van der Waals surface area (Å²) < 4.78 is 1.13. The highest BCUT2D eigenvalue weighted by Gasteiger charge is 2.27. The zero-order valence-electron chi connectivity index (χ0n) is 13.2. The Bertz CT molecular complexity index is 572. The monoisotopic (exact) mass is 345 g/mol. The van der Waals surface area contributed by atoms with E-state index < -0.39 is 0 Å². The van der Waals surface area contributed by atoms with E-state index in [9.17, 15) is 0 Å². The fourth-order valence-corrected chi connectivity index (χ4v) is 3.03. The topological polar surface area (TPSA) is 12.0 Å². The normalized spacial score (nSPS) is 14.7. The Morgan fingerprint density at radius 3 is 2.10 bits per heavy atom. The molecule has 0 aliphatic carbocycles. The van der Waals surface area contributed by atoms with Crippen LogP contribution in [-0.2, 0) is 0 Å². The van der Waals surface area contributed by atoms with Crippen LogP contribution in [0.1, 0.15) is 50.9 Å². The Hall–Kier alpha value is -1.12. The van der Waals surface area contributed by atoms with Gasteiger partial charge in [0.2, 0.25) is 0 Å². The average molecular weight is 346 g/mol. The highest BCUT2D eigenvalue weighted by atomic mass is 79.9. The van der Waals surface area contributed by atoms with Gasteiger partial charge in [0.15, 0.2) is 0 Å². The lowest BCUT2D eigenvalue weighted by atomic mass is 9.81. The molecule has 2 heteroatoms. The fourth-order valence-electron chi connectivity index (χ4n) is 2.61. The third kappa shape index (κ3) is 4.42. The van der Waals surface area contributed by atoms with Crippen molar-refractivity contribution in [2.24, 2.45) is 5.41 Å². The van der Waals surface area contributed by atoms with E-state index in [2.05, 4.69) is 104 Å². The van der Waals surface area contributed by atoms with Gasteiger partial charge in [-0.25, -0.2) is 0 Å². The van der Waals surface area contributed by atoms with Gasteiger partial charge < -0.3 is 5.32 Å². The molecule has 1 N–H and O–H groups in total. The molecule has 0 bridgehead atoms. The van der Waals surface area contributed by atoms with Crippen molar-refractivity contribution in [2.45, 2.75) is 39.8 Å². The Labute approximate surface area is 136 Å². The van der Waals surface area contributed by atoms with E-state index in [1.165, 1.54) is 11.1 Å². The molecule has 0 saturated carbocycles. The molecule has 2 rings (SSSR count). The van der Waals surface area contributed by atoms with Crippen molar-refractivity contribution in [3.05, 3.63) is 70.2 Å². The first-order valence-electron chi connectivity index (χ1n) is 7.44. The highest BCUT2D eigenvalue weighted by molar-refractivity contribution is 9.10. The SMILES string of the molecule is CC(NC(c1ccccc1)C(C)(C)C)c1cccc(Br)c1. The Morgan fingerprint density at radius 2 is 1.52 bits per heavy atom. The molecule has 2 aromatic carbocycles. The van der Waals surface area contributed by atoms with Gasteiger partial charge in [-0.15, -0.1) is 0 Å². The summed E-state index contributed by atoms with van der Waals surface area (Å²) in [6.45, 7) is 9.07. The second-order valence-electron chi connectivity index (χ2n) is 6.65. The minimum atomic E-state index is 0.154. The van der Waals surface area contributed by atoms with Gasteiger partial charge in [0, 0.05) is 16.6 Å². The van der Waals surface area contributed by atoms with Gasteiger partial charge in [0.1, 0.15) is 0 Å². The van der Waals surface area contributed by atoms with Crippen LogP contribution in [0.3, 0.4) is 0 Å². The largest absolute Gasteiger partial charge is 0.303 e. The van der Waals surface area contributed by atoms with Crippen molar-refractivity contribution in [3.63, 3.8) is 0 Å². The molecule has 0 aromatic heterocycles. The first-order valence-corrected chi connectivity index (χ1v) is 8.23. The van der Waals surface area contributed by atoms with E-state index in [1.807, 2.05) is 0 Å². The minimum Gasteiger partial charge on any atom is -0.303 e. The molecule has 112 valence electrons. The summed E-state index contributed by atoms with van der Waals surface area (Å²) in [5.41, 5.74) is 2.79. The molecule has 2 unspecified atom stereocenters. The van der Waals surface area contributed by atoms with Crippen molar-refractivity contribution < 1.29 is 0 Å². The van der Waals surface area contributed by atoms with E-state index in [-0.39, 0.29) is 5.41 Å². The number of hydrogen-bond donors (Lipinski definition) is 1. The second kappa shape index (κ2) is 6.76. The number of hydrogen-bond acceptors (Lipinski definition) is 1. The molecule has 0 amide bonds. The molecule has 0 heterocycles. The van der Waals surface area contributed by atoms with Gasteiger partial charge in [-0.1, -0.05) is 79.2 Å². The van der Waals surface area contributed by atoms with Crippen molar-refractivity contribution >= 4 is 15.9 Å². The molecule has 0 radical (unpaired) electrons. The first-order chi connectivity index (χ1) is 9.88. The van der Waals surface area contributed by atoms with Gasteiger partial charge in [0.25, 0.3) is 0 Å². The quantitative estimate of drug-likeness (QED) is 0.728. The van der Waals surface area contributed by atoms with Crippen LogP contribution in [0.25, 0.3) is 0 Å². The Balaban J connectivity index is 2.24. The zero-order chi connectivity index (χ0) is 15.5. The van der Waals surface area contributed by atoms with E-state index in [1.54, 1.807) is 0 Å². The maximum Gasteiger partial charge on any atom is 0.0374 e. The highest BCUT2D eigenvalue weighted by Crippen LogP contribution is 2.35. The van der Waals surface area contributed by atoms with Gasteiger partial charge in [0.05, 0.1) is 0 Å². The first kappa shape index (κ1) is 16.3. The molecule has 21 heavy (non-hydrogen) atoms. The predicted molar refractivity (Wildman–Crippen MR) is 94.3 cm³/mol. The molecule has 2 atom stereocenters. The van der Waals surface area contributed by atoms with Crippen molar-refractivity contribution in [2.75, 3.05) is 0 Å². The summed E-state index contributed by atoms with van der Waals surface area (Å²) in [4.78, 5) is 0. The van der Waals surface area contributed by atoms with Crippen LogP contribution < -0.4 is 5.32 Å². The number of rotatable bonds is 4. The van der Waals surface area contributed by atoms with Crippen LogP contribution in [0.4, 0.5) is 0 Å². The van der Waals surface area contributed by atoms with Crippen LogP contribution in [0.15, 0.2) is 59.1 Å². The minimum absolute atomic E-state index is 0.154. The van der Waals surface area contributed by atoms with Crippen LogP contribution in [0.2, 0.25) is 0 Å². The molecule has 0 saturated heterocycles. The number of nitrogens with one attached hydrogen (secondary N) is 1. The van der Waals surface area contributed by atoms with Gasteiger partial charge in [-0.2, -0.15) is 0 Å². The van der Waals surface area contributed by atoms with E-state index in [0.29, 0.717) is 12.1 Å². The van der Waals surface area contributed by atoms with E-state index in [0.717, 1.165) is 4.47 Å². The molecule has 0 fully saturated rings. The predicted octanol–water partition coefficient (Wildman–Crippen LogP) is 5.89. The molecule has 0 aliphatic heterocycles. The molecule has 2 aromatic rings. The molecular formula is C19H24BrN. The average Bonchev–Trinajstić information content (AvgIpc) is 2.44. The molecular weight excluding hydrogens is 322 g/mol. The Kier molecular flexibility index (Phi) is 5.23.